The van der Waals surface area contributed by atoms with E-state index in [9.17, 15) is 9.59 Å². The normalized spacial score (nSPS) is 20.6. The molecule has 3 rings (SSSR count). The predicted octanol–water partition coefficient (Wildman–Crippen LogP) is 2.47. The van der Waals surface area contributed by atoms with Gasteiger partial charge in [-0.1, -0.05) is 18.9 Å². The summed E-state index contributed by atoms with van der Waals surface area (Å²) < 4.78 is 5.85. The second-order valence-electron chi connectivity index (χ2n) is 6.10. The minimum atomic E-state index is -0.511. The third-order valence-electron chi connectivity index (χ3n) is 4.31. The molecule has 132 valence electrons. The summed E-state index contributed by atoms with van der Waals surface area (Å²) in [6, 6.07) is 3.66. The van der Waals surface area contributed by atoms with Gasteiger partial charge < -0.3 is 9.32 Å². The van der Waals surface area contributed by atoms with Crippen molar-refractivity contribution < 1.29 is 14.0 Å². The average Bonchev–Trinajstić information content (AvgIpc) is 2.88. The summed E-state index contributed by atoms with van der Waals surface area (Å²) in [5.41, 5.74) is 0.00668. The van der Waals surface area contributed by atoms with Gasteiger partial charge in [0.15, 0.2) is 11.0 Å². The van der Waals surface area contributed by atoms with Gasteiger partial charge in [-0.3, -0.25) is 19.8 Å². The van der Waals surface area contributed by atoms with E-state index >= 15 is 0 Å². The van der Waals surface area contributed by atoms with Gasteiger partial charge in [0.2, 0.25) is 0 Å². The van der Waals surface area contributed by atoms with Gasteiger partial charge in [0, 0.05) is 25.7 Å². The fourth-order valence-electron chi connectivity index (χ4n) is 3.01. The zero-order valence-corrected chi connectivity index (χ0v) is 14.8. The number of anilines is 1. The standard InChI is InChI=1S/C18H21N3O3S/c1-2-9-21-17(23)14(16(22)19-18(21)25)12-13-7-8-15(24-13)20-10-5-3-4-6-11-20/h2,7-8,12H,1,3-6,9-11H2,(H,19,22,25)/b14-12+. The number of nitrogens with one attached hydrogen (secondary N) is 1. The molecular formula is C18H21N3O3S. The van der Waals surface area contributed by atoms with Gasteiger partial charge in [-0.2, -0.15) is 0 Å². The average molecular weight is 359 g/mol. The Labute approximate surface area is 152 Å². The second kappa shape index (κ2) is 7.65. The van der Waals surface area contributed by atoms with E-state index in [4.69, 9.17) is 16.6 Å². The summed E-state index contributed by atoms with van der Waals surface area (Å²) in [4.78, 5) is 28.1. The SMILES string of the molecule is C=CCN1C(=O)/C(=C/c2ccc(N3CCCCCC3)o2)C(=O)NC1=S. The molecule has 1 aromatic rings. The van der Waals surface area contributed by atoms with E-state index < -0.39 is 11.8 Å². The van der Waals surface area contributed by atoms with Crippen LogP contribution in [-0.4, -0.2) is 41.5 Å². The molecule has 25 heavy (non-hydrogen) atoms. The number of furan rings is 1. The van der Waals surface area contributed by atoms with Crippen LogP contribution in [0.2, 0.25) is 0 Å². The lowest BCUT2D eigenvalue weighted by Crippen LogP contribution is -2.53. The number of carbonyl (C=O) groups is 2. The second-order valence-corrected chi connectivity index (χ2v) is 6.49. The lowest BCUT2D eigenvalue weighted by molar-refractivity contribution is -0.128. The summed E-state index contributed by atoms with van der Waals surface area (Å²) >= 11 is 5.03. The molecule has 1 aromatic heterocycles. The molecule has 0 unspecified atom stereocenters. The van der Waals surface area contributed by atoms with Crippen molar-refractivity contribution in [3.05, 3.63) is 36.1 Å². The van der Waals surface area contributed by atoms with Crippen LogP contribution in [0.5, 0.6) is 0 Å². The minimum absolute atomic E-state index is 0.00668. The first-order valence-electron chi connectivity index (χ1n) is 8.44. The Morgan fingerprint density at radius 1 is 1.20 bits per heavy atom. The van der Waals surface area contributed by atoms with Crippen molar-refractivity contribution in [3.63, 3.8) is 0 Å². The van der Waals surface area contributed by atoms with E-state index in [0.29, 0.717) is 5.76 Å². The molecule has 1 N–H and O–H groups in total. The van der Waals surface area contributed by atoms with Crippen molar-refractivity contribution in [3.8, 4) is 0 Å². The van der Waals surface area contributed by atoms with Gasteiger partial charge in [-0.15, -0.1) is 6.58 Å². The van der Waals surface area contributed by atoms with Crippen LogP contribution >= 0.6 is 12.2 Å². The summed E-state index contributed by atoms with van der Waals surface area (Å²) in [6.45, 7) is 5.77. The fourth-order valence-corrected chi connectivity index (χ4v) is 3.26. The Morgan fingerprint density at radius 2 is 1.92 bits per heavy atom. The predicted molar refractivity (Wildman–Crippen MR) is 100 cm³/mol. The van der Waals surface area contributed by atoms with Gasteiger partial charge in [-0.25, -0.2) is 0 Å². The summed E-state index contributed by atoms with van der Waals surface area (Å²) in [6.07, 6.45) is 7.79. The molecule has 6 nitrogen and oxygen atoms in total. The lowest BCUT2D eigenvalue weighted by atomic mass is 10.1. The molecule has 0 radical (unpaired) electrons. The Bertz CT molecular complexity index is 730. The van der Waals surface area contributed by atoms with Crippen LogP contribution in [0.4, 0.5) is 5.88 Å². The fraction of sp³-hybridized carbons (Fsp3) is 0.389. The largest absolute Gasteiger partial charge is 0.441 e. The molecular weight excluding hydrogens is 338 g/mol. The number of hydrogen-bond acceptors (Lipinski definition) is 5. The third-order valence-corrected chi connectivity index (χ3v) is 4.64. The Balaban J connectivity index is 1.81. The minimum Gasteiger partial charge on any atom is -0.441 e. The molecule has 7 heteroatoms. The Hall–Kier alpha value is -2.41. The van der Waals surface area contributed by atoms with Crippen LogP contribution in [0.1, 0.15) is 31.4 Å². The number of amides is 2. The van der Waals surface area contributed by atoms with E-state index in [1.807, 2.05) is 6.07 Å². The van der Waals surface area contributed by atoms with Crippen LogP contribution in [0, 0.1) is 0 Å². The number of hydrogen-bond donors (Lipinski definition) is 1. The quantitative estimate of drug-likeness (QED) is 0.387. The van der Waals surface area contributed by atoms with Gasteiger partial charge in [0.1, 0.15) is 11.3 Å². The molecule has 2 saturated heterocycles. The highest BCUT2D eigenvalue weighted by molar-refractivity contribution is 7.80. The smallest absolute Gasteiger partial charge is 0.266 e. The van der Waals surface area contributed by atoms with E-state index in [-0.39, 0.29) is 17.2 Å². The number of carbonyl (C=O) groups excluding carboxylic acids is 2. The van der Waals surface area contributed by atoms with Gasteiger partial charge >= 0.3 is 0 Å². The first-order chi connectivity index (χ1) is 12.1. The van der Waals surface area contributed by atoms with Crippen molar-refractivity contribution in [2.24, 2.45) is 0 Å². The summed E-state index contributed by atoms with van der Waals surface area (Å²) in [5, 5.41) is 2.62. The first-order valence-corrected chi connectivity index (χ1v) is 8.85. The van der Waals surface area contributed by atoms with Gasteiger partial charge in [0.05, 0.1) is 0 Å². The highest BCUT2D eigenvalue weighted by Gasteiger charge is 2.32. The van der Waals surface area contributed by atoms with E-state index in [1.165, 1.54) is 23.8 Å². The molecule has 2 aliphatic rings. The zero-order valence-electron chi connectivity index (χ0n) is 14.0. The van der Waals surface area contributed by atoms with E-state index in [1.54, 1.807) is 12.1 Å². The Kier molecular flexibility index (Phi) is 5.33. The van der Waals surface area contributed by atoms with Crippen LogP contribution < -0.4 is 10.2 Å². The Morgan fingerprint density at radius 3 is 2.60 bits per heavy atom. The summed E-state index contributed by atoms with van der Waals surface area (Å²) in [5.74, 6) is 0.296. The van der Waals surface area contributed by atoms with Crippen molar-refractivity contribution in [2.45, 2.75) is 25.7 Å². The maximum atomic E-state index is 12.5. The van der Waals surface area contributed by atoms with Crippen molar-refractivity contribution >= 4 is 41.1 Å². The van der Waals surface area contributed by atoms with Crippen LogP contribution in [0.3, 0.4) is 0 Å². The van der Waals surface area contributed by atoms with Crippen LogP contribution in [-0.2, 0) is 9.59 Å². The number of nitrogens with zero attached hydrogens (tertiary/aromatic N) is 2. The van der Waals surface area contributed by atoms with Crippen LogP contribution in [0.25, 0.3) is 6.08 Å². The van der Waals surface area contributed by atoms with Crippen molar-refractivity contribution in [2.75, 3.05) is 24.5 Å². The zero-order chi connectivity index (χ0) is 17.8. The maximum Gasteiger partial charge on any atom is 0.266 e. The topological polar surface area (TPSA) is 65.8 Å². The van der Waals surface area contributed by atoms with E-state index in [2.05, 4.69) is 16.8 Å². The third kappa shape index (κ3) is 3.82. The lowest BCUT2D eigenvalue weighted by Gasteiger charge is -2.27. The molecule has 0 spiro atoms. The van der Waals surface area contributed by atoms with Crippen molar-refractivity contribution in [1.29, 1.82) is 0 Å². The van der Waals surface area contributed by atoms with Gasteiger partial charge in [0.25, 0.3) is 11.8 Å². The molecule has 0 bridgehead atoms. The van der Waals surface area contributed by atoms with Crippen LogP contribution in [0.15, 0.2) is 34.8 Å². The molecule has 2 aliphatic heterocycles. The maximum absolute atomic E-state index is 12.5. The number of thiocarbonyl (C=S) groups is 1. The van der Waals surface area contributed by atoms with Gasteiger partial charge in [-0.05, 0) is 37.2 Å². The molecule has 2 amide bonds. The van der Waals surface area contributed by atoms with E-state index in [0.717, 1.165) is 31.8 Å². The molecule has 0 aliphatic carbocycles. The molecule has 0 aromatic carbocycles. The molecule has 0 atom stereocenters. The van der Waals surface area contributed by atoms with Crippen molar-refractivity contribution in [1.82, 2.24) is 10.2 Å². The number of rotatable bonds is 4. The highest BCUT2D eigenvalue weighted by Crippen LogP contribution is 2.24. The molecule has 0 saturated carbocycles. The molecule has 2 fully saturated rings. The highest BCUT2D eigenvalue weighted by atomic mass is 32.1. The first kappa shape index (κ1) is 17.4. The monoisotopic (exact) mass is 359 g/mol. The summed E-state index contributed by atoms with van der Waals surface area (Å²) in [7, 11) is 0. The molecule has 3 heterocycles.